The Kier molecular flexibility index (Phi) is 3.88. The van der Waals surface area contributed by atoms with Crippen LogP contribution in [0.15, 0.2) is 22.7 Å². The fourth-order valence-corrected chi connectivity index (χ4v) is 2.24. The van der Waals surface area contributed by atoms with Crippen LogP contribution in [0.1, 0.15) is 17.0 Å². The van der Waals surface area contributed by atoms with E-state index in [2.05, 4.69) is 25.9 Å². The summed E-state index contributed by atoms with van der Waals surface area (Å²) in [6.45, 7) is 5.63. The highest BCUT2D eigenvalue weighted by molar-refractivity contribution is 9.10. The molecule has 3 nitrogen and oxygen atoms in total. The van der Waals surface area contributed by atoms with Crippen molar-refractivity contribution in [2.45, 2.75) is 20.8 Å². The Morgan fingerprint density at radius 3 is 2.56 bits per heavy atom. The molecule has 0 unspecified atom stereocenters. The van der Waals surface area contributed by atoms with Gasteiger partial charge in [0.25, 0.3) is 0 Å². The van der Waals surface area contributed by atoms with Crippen molar-refractivity contribution in [1.82, 2.24) is 9.97 Å². The van der Waals surface area contributed by atoms with E-state index in [4.69, 9.17) is 16.3 Å². The SMILES string of the molecule is Cc1ccc(Oc2nc(C)nc(Cl)c2C)c(Br)c1. The van der Waals surface area contributed by atoms with Crippen LogP contribution in [-0.2, 0) is 0 Å². The van der Waals surface area contributed by atoms with Crippen LogP contribution in [0.3, 0.4) is 0 Å². The Hall–Kier alpha value is -1.13. The monoisotopic (exact) mass is 326 g/mol. The second-order valence-electron chi connectivity index (χ2n) is 4.03. The lowest BCUT2D eigenvalue weighted by Crippen LogP contribution is -1.98. The molecule has 0 radical (unpaired) electrons. The molecule has 18 heavy (non-hydrogen) atoms. The Balaban J connectivity index is 2.40. The number of ether oxygens (including phenoxy) is 1. The van der Waals surface area contributed by atoms with Crippen molar-refractivity contribution >= 4 is 27.5 Å². The predicted octanol–water partition coefficient (Wildman–Crippen LogP) is 4.61. The van der Waals surface area contributed by atoms with Crippen LogP contribution in [-0.4, -0.2) is 9.97 Å². The van der Waals surface area contributed by atoms with Crippen molar-refractivity contribution in [2.24, 2.45) is 0 Å². The van der Waals surface area contributed by atoms with E-state index in [1.807, 2.05) is 32.0 Å². The van der Waals surface area contributed by atoms with Gasteiger partial charge in [0.15, 0.2) is 0 Å². The third kappa shape index (κ3) is 2.82. The first-order valence-electron chi connectivity index (χ1n) is 5.42. The van der Waals surface area contributed by atoms with Crippen molar-refractivity contribution in [2.75, 3.05) is 0 Å². The molecule has 1 heterocycles. The summed E-state index contributed by atoms with van der Waals surface area (Å²) in [5.41, 5.74) is 1.89. The fraction of sp³-hybridized carbons (Fsp3) is 0.231. The summed E-state index contributed by atoms with van der Waals surface area (Å²) >= 11 is 9.47. The maximum Gasteiger partial charge on any atom is 0.227 e. The van der Waals surface area contributed by atoms with Gasteiger partial charge in [-0.1, -0.05) is 17.7 Å². The van der Waals surface area contributed by atoms with Gasteiger partial charge in [-0.2, -0.15) is 4.98 Å². The largest absolute Gasteiger partial charge is 0.437 e. The summed E-state index contributed by atoms with van der Waals surface area (Å²) in [5, 5.41) is 0.417. The van der Waals surface area contributed by atoms with E-state index < -0.39 is 0 Å². The topological polar surface area (TPSA) is 35.0 Å². The average molecular weight is 328 g/mol. The minimum absolute atomic E-state index is 0.417. The third-order valence-electron chi connectivity index (χ3n) is 2.45. The summed E-state index contributed by atoms with van der Waals surface area (Å²) in [5.74, 6) is 1.78. The Bertz CT molecular complexity index is 602. The summed E-state index contributed by atoms with van der Waals surface area (Å²) < 4.78 is 6.66. The van der Waals surface area contributed by atoms with E-state index in [-0.39, 0.29) is 0 Å². The van der Waals surface area contributed by atoms with Gasteiger partial charge in [0.1, 0.15) is 16.7 Å². The van der Waals surface area contributed by atoms with Gasteiger partial charge in [-0.05, 0) is 54.4 Å². The molecule has 0 bridgehead atoms. The van der Waals surface area contributed by atoms with Crippen molar-refractivity contribution in [3.63, 3.8) is 0 Å². The van der Waals surface area contributed by atoms with Crippen LogP contribution in [0.5, 0.6) is 11.6 Å². The summed E-state index contributed by atoms with van der Waals surface area (Å²) in [7, 11) is 0. The van der Waals surface area contributed by atoms with Crippen LogP contribution in [0.2, 0.25) is 5.15 Å². The highest BCUT2D eigenvalue weighted by atomic mass is 79.9. The minimum atomic E-state index is 0.417. The second kappa shape index (κ2) is 5.24. The fourth-order valence-electron chi connectivity index (χ4n) is 1.46. The lowest BCUT2D eigenvalue weighted by atomic mass is 10.2. The lowest BCUT2D eigenvalue weighted by molar-refractivity contribution is 0.452. The Morgan fingerprint density at radius 2 is 1.89 bits per heavy atom. The number of rotatable bonds is 2. The lowest BCUT2D eigenvalue weighted by Gasteiger charge is -2.10. The molecular formula is C13H12BrClN2O. The predicted molar refractivity (Wildman–Crippen MR) is 75.5 cm³/mol. The number of hydrogen-bond acceptors (Lipinski definition) is 3. The molecule has 2 aromatic rings. The normalized spacial score (nSPS) is 10.5. The van der Waals surface area contributed by atoms with Crippen LogP contribution in [0, 0.1) is 20.8 Å². The molecule has 0 saturated heterocycles. The highest BCUT2D eigenvalue weighted by Gasteiger charge is 2.11. The first-order valence-corrected chi connectivity index (χ1v) is 6.59. The van der Waals surface area contributed by atoms with Crippen LogP contribution >= 0.6 is 27.5 Å². The molecule has 0 spiro atoms. The average Bonchev–Trinajstić information content (AvgIpc) is 2.29. The smallest absolute Gasteiger partial charge is 0.227 e. The maximum absolute atomic E-state index is 6.01. The number of benzene rings is 1. The zero-order valence-electron chi connectivity index (χ0n) is 10.3. The van der Waals surface area contributed by atoms with Crippen LogP contribution < -0.4 is 4.74 Å². The first kappa shape index (κ1) is 13.3. The van der Waals surface area contributed by atoms with E-state index in [0.717, 1.165) is 15.6 Å². The zero-order valence-corrected chi connectivity index (χ0v) is 12.6. The minimum Gasteiger partial charge on any atom is -0.437 e. The van der Waals surface area contributed by atoms with Gasteiger partial charge in [-0.15, -0.1) is 0 Å². The first-order chi connectivity index (χ1) is 8.47. The van der Waals surface area contributed by atoms with Gasteiger partial charge in [-0.3, -0.25) is 0 Å². The molecule has 1 aromatic heterocycles. The summed E-state index contributed by atoms with van der Waals surface area (Å²) in [6.07, 6.45) is 0. The second-order valence-corrected chi connectivity index (χ2v) is 5.24. The molecule has 0 amide bonds. The van der Waals surface area contributed by atoms with E-state index in [1.165, 1.54) is 0 Å². The van der Waals surface area contributed by atoms with E-state index in [0.29, 0.717) is 22.6 Å². The molecule has 0 aliphatic heterocycles. The van der Waals surface area contributed by atoms with Gasteiger partial charge in [0.05, 0.1) is 4.47 Å². The molecule has 0 N–H and O–H groups in total. The van der Waals surface area contributed by atoms with Gasteiger partial charge in [0, 0.05) is 5.56 Å². The summed E-state index contributed by atoms with van der Waals surface area (Å²) in [6, 6.07) is 5.86. The van der Waals surface area contributed by atoms with Crippen LogP contribution in [0.25, 0.3) is 0 Å². The van der Waals surface area contributed by atoms with E-state index in [9.17, 15) is 0 Å². The molecule has 0 aliphatic carbocycles. The van der Waals surface area contributed by atoms with Gasteiger partial charge < -0.3 is 4.74 Å². The van der Waals surface area contributed by atoms with Crippen molar-refractivity contribution in [1.29, 1.82) is 0 Å². The molecule has 0 saturated carbocycles. The molecule has 1 aromatic carbocycles. The molecule has 0 aliphatic rings. The number of nitrogens with zero attached hydrogens (tertiary/aromatic N) is 2. The Labute approximate surface area is 119 Å². The van der Waals surface area contributed by atoms with Crippen molar-refractivity contribution < 1.29 is 4.74 Å². The zero-order chi connectivity index (χ0) is 13.3. The van der Waals surface area contributed by atoms with Crippen molar-refractivity contribution in [3.05, 3.63) is 44.8 Å². The van der Waals surface area contributed by atoms with E-state index in [1.54, 1.807) is 6.92 Å². The highest BCUT2D eigenvalue weighted by Crippen LogP contribution is 2.32. The van der Waals surface area contributed by atoms with Crippen molar-refractivity contribution in [3.8, 4) is 11.6 Å². The summed E-state index contributed by atoms with van der Waals surface area (Å²) in [4.78, 5) is 8.33. The van der Waals surface area contributed by atoms with Gasteiger partial charge in [-0.25, -0.2) is 4.98 Å². The third-order valence-corrected chi connectivity index (χ3v) is 3.44. The number of aromatic nitrogens is 2. The molecule has 94 valence electrons. The van der Waals surface area contributed by atoms with E-state index >= 15 is 0 Å². The molecule has 5 heteroatoms. The molecule has 0 fully saturated rings. The molecular weight excluding hydrogens is 316 g/mol. The molecule has 2 rings (SSSR count). The van der Waals surface area contributed by atoms with Gasteiger partial charge >= 0.3 is 0 Å². The number of hydrogen-bond donors (Lipinski definition) is 0. The molecule has 0 atom stereocenters. The standard InChI is InChI=1S/C13H12BrClN2O/c1-7-4-5-11(10(14)6-7)18-13-8(2)12(15)16-9(3)17-13/h4-6H,1-3H3. The number of aryl methyl sites for hydroxylation is 2. The van der Waals surface area contributed by atoms with Crippen LogP contribution in [0.4, 0.5) is 0 Å². The number of halogens is 2. The quantitative estimate of drug-likeness (QED) is 0.756. The maximum atomic E-state index is 6.01. The van der Waals surface area contributed by atoms with Gasteiger partial charge in [0.2, 0.25) is 5.88 Å². The Morgan fingerprint density at radius 1 is 1.17 bits per heavy atom.